The number of carbonyl (C=O) groups is 2. The predicted octanol–water partition coefficient (Wildman–Crippen LogP) is 1.86. The number of thiazole rings is 1. The molecule has 0 bridgehead atoms. The van der Waals surface area contributed by atoms with Crippen LogP contribution >= 0.6 is 23.1 Å². The van der Waals surface area contributed by atoms with Crippen molar-refractivity contribution in [3.63, 3.8) is 0 Å². The topological polar surface area (TPSA) is 70.5 Å². The van der Waals surface area contributed by atoms with Crippen LogP contribution < -0.4 is 0 Å². The van der Waals surface area contributed by atoms with Gasteiger partial charge in [-0.1, -0.05) is 6.92 Å². The van der Waals surface area contributed by atoms with E-state index >= 15 is 0 Å². The van der Waals surface area contributed by atoms with E-state index in [1.807, 2.05) is 19.2 Å². The minimum atomic E-state index is -0.807. The second kappa shape index (κ2) is 6.58. The molecule has 0 unspecified atom stereocenters. The van der Waals surface area contributed by atoms with E-state index in [4.69, 9.17) is 5.11 Å². The fourth-order valence-electron chi connectivity index (χ4n) is 2.30. The lowest BCUT2D eigenvalue weighted by Gasteiger charge is -2.15. The first-order valence-electron chi connectivity index (χ1n) is 6.46. The van der Waals surface area contributed by atoms with Gasteiger partial charge in [0.1, 0.15) is 0 Å². The Balaban J connectivity index is 1.77. The van der Waals surface area contributed by atoms with Crippen LogP contribution in [-0.4, -0.2) is 45.7 Å². The van der Waals surface area contributed by atoms with Gasteiger partial charge in [-0.3, -0.25) is 9.59 Å². The molecule has 1 fully saturated rings. The van der Waals surface area contributed by atoms with Crippen LogP contribution in [0.4, 0.5) is 0 Å². The van der Waals surface area contributed by atoms with E-state index in [0.717, 1.165) is 16.5 Å². The number of thioether (sulfide) groups is 1. The Hall–Kier alpha value is -1.08. The number of hydrogen-bond acceptors (Lipinski definition) is 5. The molecule has 0 aliphatic carbocycles. The molecule has 7 heteroatoms. The van der Waals surface area contributed by atoms with Crippen LogP contribution in [0.5, 0.6) is 0 Å². The van der Waals surface area contributed by atoms with Gasteiger partial charge >= 0.3 is 5.97 Å². The summed E-state index contributed by atoms with van der Waals surface area (Å²) in [5.41, 5.74) is 1.00. The molecule has 0 saturated carbocycles. The van der Waals surface area contributed by atoms with E-state index in [-0.39, 0.29) is 11.8 Å². The summed E-state index contributed by atoms with van der Waals surface area (Å²) in [7, 11) is 0. The Bertz CT molecular complexity index is 504. The van der Waals surface area contributed by atoms with Crippen LogP contribution in [0.25, 0.3) is 0 Å². The summed E-state index contributed by atoms with van der Waals surface area (Å²) in [6.45, 7) is 4.73. The number of aliphatic carboxylic acids is 1. The zero-order valence-electron chi connectivity index (χ0n) is 11.5. The minimum absolute atomic E-state index is 0.0255. The number of rotatable bonds is 5. The zero-order valence-corrected chi connectivity index (χ0v) is 13.2. The molecule has 110 valence electrons. The fourth-order valence-corrected chi connectivity index (χ4v) is 3.83. The maximum atomic E-state index is 12.0. The first-order valence-corrected chi connectivity index (χ1v) is 8.50. The Morgan fingerprint density at radius 1 is 1.55 bits per heavy atom. The molecule has 5 nitrogen and oxygen atoms in total. The molecule has 2 rings (SSSR count). The summed E-state index contributed by atoms with van der Waals surface area (Å²) >= 11 is 3.14. The molecule has 0 radical (unpaired) electrons. The predicted molar refractivity (Wildman–Crippen MR) is 79.9 cm³/mol. The van der Waals surface area contributed by atoms with E-state index in [2.05, 4.69) is 4.98 Å². The molecule has 1 amide bonds. The van der Waals surface area contributed by atoms with Crippen LogP contribution in [0.15, 0.2) is 5.38 Å². The molecule has 1 aliphatic rings. The molecule has 1 N–H and O–H groups in total. The minimum Gasteiger partial charge on any atom is -0.481 e. The Morgan fingerprint density at radius 2 is 2.30 bits per heavy atom. The van der Waals surface area contributed by atoms with Gasteiger partial charge in [0.05, 0.1) is 22.4 Å². The molecular formula is C13H18N2O3S2. The van der Waals surface area contributed by atoms with E-state index in [1.54, 1.807) is 16.2 Å². The van der Waals surface area contributed by atoms with Gasteiger partial charge in [0.15, 0.2) is 0 Å². The normalized spacial score (nSPS) is 22.2. The number of carbonyl (C=O) groups excluding carboxylic acids is 1. The average Bonchev–Trinajstić information content (AvgIpc) is 2.95. The summed E-state index contributed by atoms with van der Waals surface area (Å²) in [4.78, 5) is 29.1. The lowest BCUT2D eigenvalue weighted by Crippen LogP contribution is -2.31. The summed E-state index contributed by atoms with van der Waals surface area (Å²) in [5, 5.41) is 12.1. The van der Waals surface area contributed by atoms with Gasteiger partial charge in [-0.05, 0) is 12.8 Å². The van der Waals surface area contributed by atoms with Crippen molar-refractivity contribution in [3.8, 4) is 0 Å². The van der Waals surface area contributed by atoms with Crippen molar-refractivity contribution in [2.45, 2.75) is 19.6 Å². The molecule has 0 spiro atoms. The molecule has 2 heterocycles. The molecule has 0 aromatic carbocycles. The van der Waals surface area contributed by atoms with Crippen LogP contribution in [0.3, 0.4) is 0 Å². The van der Waals surface area contributed by atoms with Gasteiger partial charge in [-0.2, -0.15) is 0 Å². The maximum Gasteiger partial charge on any atom is 0.308 e. The smallest absolute Gasteiger partial charge is 0.308 e. The first-order chi connectivity index (χ1) is 9.47. The van der Waals surface area contributed by atoms with Crippen molar-refractivity contribution in [2.24, 2.45) is 11.8 Å². The Kier molecular flexibility index (Phi) is 5.04. The third-order valence-corrected chi connectivity index (χ3v) is 5.20. The van der Waals surface area contributed by atoms with E-state index < -0.39 is 11.9 Å². The van der Waals surface area contributed by atoms with E-state index in [9.17, 15) is 9.59 Å². The van der Waals surface area contributed by atoms with E-state index in [1.165, 1.54) is 11.8 Å². The highest BCUT2D eigenvalue weighted by atomic mass is 32.2. The third kappa shape index (κ3) is 3.73. The van der Waals surface area contributed by atoms with Crippen LogP contribution in [0.1, 0.15) is 17.6 Å². The molecule has 20 heavy (non-hydrogen) atoms. The molecule has 1 aromatic rings. The lowest BCUT2D eigenvalue weighted by molar-refractivity contribution is -0.142. The number of nitrogens with zero attached hydrogens (tertiary/aromatic N) is 2. The molecular weight excluding hydrogens is 296 g/mol. The first kappa shape index (κ1) is 15.3. The highest BCUT2D eigenvalue weighted by Gasteiger charge is 2.36. The van der Waals surface area contributed by atoms with Crippen molar-refractivity contribution in [3.05, 3.63) is 16.1 Å². The number of hydrogen-bond donors (Lipinski definition) is 1. The number of aryl methyl sites for hydroxylation is 1. The quantitative estimate of drug-likeness (QED) is 0.898. The van der Waals surface area contributed by atoms with Crippen LogP contribution in [0, 0.1) is 18.8 Å². The highest BCUT2D eigenvalue weighted by Crippen LogP contribution is 2.24. The second-order valence-corrected chi connectivity index (χ2v) is 7.12. The largest absolute Gasteiger partial charge is 0.481 e. The van der Waals surface area contributed by atoms with E-state index in [0.29, 0.717) is 18.8 Å². The number of likely N-dealkylation sites (tertiary alicyclic amines) is 1. The van der Waals surface area contributed by atoms with Crippen molar-refractivity contribution in [1.29, 1.82) is 0 Å². The number of carboxylic acids is 1. The van der Waals surface area contributed by atoms with Crippen molar-refractivity contribution in [2.75, 3.05) is 18.8 Å². The van der Waals surface area contributed by atoms with Crippen molar-refractivity contribution in [1.82, 2.24) is 9.88 Å². The maximum absolute atomic E-state index is 12.0. The van der Waals surface area contributed by atoms with Crippen molar-refractivity contribution >= 4 is 35.0 Å². The summed E-state index contributed by atoms with van der Waals surface area (Å²) in [6.07, 6.45) is 0. The average molecular weight is 314 g/mol. The monoisotopic (exact) mass is 314 g/mol. The van der Waals surface area contributed by atoms with Crippen LogP contribution in [-0.2, 0) is 15.3 Å². The van der Waals surface area contributed by atoms with Gasteiger partial charge in [0.25, 0.3) is 0 Å². The number of amides is 1. The van der Waals surface area contributed by atoms with Gasteiger partial charge < -0.3 is 10.0 Å². The van der Waals surface area contributed by atoms with Gasteiger partial charge in [0.2, 0.25) is 5.91 Å². The third-order valence-electron chi connectivity index (χ3n) is 3.42. The Morgan fingerprint density at radius 3 is 2.85 bits per heavy atom. The van der Waals surface area contributed by atoms with Crippen LogP contribution in [0.2, 0.25) is 0 Å². The molecule has 1 aliphatic heterocycles. The molecule has 1 aromatic heterocycles. The van der Waals surface area contributed by atoms with Gasteiger partial charge in [-0.25, -0.2) is 4.98 Å². The second-order valence-electron chi connectivity index (χ2n) is 5.07. The zero-order chi connectivity index (χ0) is 14.7. The number of carboxylic acid groups (broad SMARTS) is 1. The fraction of sp³-hybridized carbons (Fsp3) is 0.615. The molecule has 1 saturated heterocycles. The standard InChI is InChI=1S/C13H18N2O3S2/c1-8-3-15(4-11(8)13(17)18)12(16)7-19-5-10-6-20-9(2)14-10/h6,8,11H,3-5,7H2,1-2H3,(H,17,18)/t8-,11-/m1/s1. The lowest BCUT2D eigenvalue weighted by atomic mass is 9.99. The Labute approximate surface area is 126 Å². The van der Waals surface area contributed by atoms with Gasteiger partial charge in [-0.15, -0.1) is 23.1 Å². The van der Waals surface area contributed by atoms with Gasteiger partial charge in [0, 0.05) is 24.2 Å². The number of aromatic nitrogens is 1. The summed E-state index contributed by atoms with van der Waals surface area (Å²) < 4.78 is 0. The highest BCUT2D eigenvalue weighted by molar-refractivity contribution is 7.99. The molecule has 2 atom stereocenters. The summed E-state index contributed by atoms with van der Waals surface area (Å²) in [6, 6.07) is 0. The summed E-state index contributed by atoms with van der Waals surface area (Å²) in [5.74, 6) is -0.0685. The van der Waals surface area contributed by atoms with Crippen molar-refractivity contribution < 1.29 is 14.7 Å². The SMILES string of the molecule is Cc1nc(CSCC(=O)N2C[C@@H](C)[C@H](C(=O)O)C2)cs1.